The van der Waals surface area contributed by atoms with Crippen molar-refractivity contribution in [2.24, 2.45) is 0 Å². The van der Waals surface area contributed by atoms with E-state index in [-0.39, 0.29) is 5.76 Å². The molecule has 0 radical (unpaired) electrons. The SMILES string of the molecule is C[C@@H](Oc1cccc(Br)c1)C(=O)NNC(=O)c1cc2ccccc2o1. The maximum Gasteiger partial charge on any atom is 0.305 e. The van der Waals surface area contributed by atoms with E-state index < -0.39 is 17.9 Å². The summed E-state index contributed by atoms with van der Waals surface area (Å²) in [5.41, 5.74) is 5.24. The van der Waals surface area contributed by atoms with Crippen molar-refractivity contribution >= 4 is 38.7 Å². The van der Waals surface area contributed by atoms with E-state index in [1.54, 1.807) is 37.3 Å². The van der Waals surface area contributed by atoms with Crippen molar-refractivity contribution in [3.63, 3.8) is 0 Å². The van der Waals surface area contributed by atoms with Gasteiger partial charge in [-0.05, 0) is 37.3 Å². The van der Waals surface area contributed by atoms with Crippen LogP contribution in [0.1, 0.15) is 17.5 Å². The first-order valence-corrected chi connectivity index (χ1v) is 8.33. The third kappa shape index (κ3) is 4.19. The summed E-state index contributed by atoms with van der Waals surface area (Å²) < 4.78 is 11.8. The molecule has 0 aliphatic rings. The third-order valence-electron chi connectivity index (χ3n) is 3.43. The predicted octanol–water partition coefficient (Wildman–Crippen LogP) is 3.42. The molecule has 0 unspecified atom stereocenters. The summed E-state index contributed by atoms with van der Waals surface area (Å²) in [6, 6.07) is 16.0. The zero-order valence-corrected chi connectivity index (χ0v) is 14.9. The Morgan fingerprint density at radius 3 is 2.64 bits per heavy atom. The molecule has 2 aromatic carbocycles. The molecule has 0 saturated carbocycles. The molecule has 1 heterocycles. The Bertz CT molecular complexity index is 889. The van der Waals surface area contributed by atoms with Crippen molar-refractivity contribution in [3.8, 4) is 5.75 Å². The minimum Gasteiger partial charge on any atom is -0.481 e. The molecule has 1 atom stereocenters. The van der Waals surface area contributed by atoms with Crippen molar-refractivity contribution in [2.75, 3.05) is 0 Å². The van der Waals surface area contributed by atoms with Crippen LogP contribution in [-0.2, 0) is 4.79 Å². The average molecular weight is 403 g/mol. The Kier molecular flexibility index (Phi) is 5.04. The molecule has 2 N–H and O–H groups in total. The van der Waals surface area contributed by atoms with Crippen molar-refractivity contribution in [3.05, 3.63) is 64.8 Å². The van der Waals surface area contributed by atoms with Crippen molar-refractivity contribution in [1.29, 1.82) is 0 Å². The van der Waals surface area contributed by atoms with Gasteiger partial charge >= 0.3 is 5.91 Å². The highest BCUT2D eigenvalue weighted by Crippen LogP contribution is 2.19. The number of carbonyl (C=O) groups excluding carboxylic acids is 2. The standard InChI is InChI=1S/C18H15BrN2O4/c1-11(24-14-7-4-6-13(19)10-14)17(22)20-21-18(23)16-9-12-5-2-3-8-15(12)25-16/h2-11H,1H3,(H,20,22)(H,21,23)/t11-/m1/s1. The number of para-hydroxylation sites is 1. The largest absolute Gasteiger partial charge is 0.481 e. The second kappa shape index (κ2) is 7.40. The van der Waals surface area contributed by atoms with Crippen LogP contribution in [0.15, 0.2) is 63.5 Å². The molecule has 0 aliphatic heterocycles. The Labute approximate surface area is 152 Å². The van der Waals surface area contributed by atoms with Gasteiger partial charge < -0.3 is 9.15 Å². The van der Waals surface area contributed by atoms with Gasteiger partial charge in [0.1, 0.15) is 11.3 Å². The van der Waals surface area contributed by atoms with E-state index in [4.69, 9.17) is 9.15 Å². The minimum atomic E-state index is -0.787. The maximum absolute atomic E-state index is 12.1. The molecular formula is C18H15BrN2O4. The Morgan fingerprint density at radius 2 is 1.88 bits per heavy atom. The second-order valence-corrected chi connectivity index (χ2v) is 6.22. The average Bonchev–Trinajstić information content (AvgIpc) is 3.03. The van der Waals surface area contributed by atoms with E-state index >= 15 is 0 Å². The van der Waals surface area contributed by atoms with E-state index in [2.05, 4.69) is 26.8 Å². The lowest BCUT2D eigenvalue weighted by Crippen LogP contribution is -2.47. The van der Waals surface area contributed by atoms with Crippen LogP contribution >= 0.6 is 15.9 Å². The number of fused-ring (bicyclic) bond motifs is 1. The molecule has 3 aromatic rings. The summed E-state index contributed by atoms with van der Waals surface area (Å²) >= 11 is 3.33. The number of benzene rings is 2. The van der Waals surface area contributed by atoms with Crippen LogP contribution in [0.4, 0.5) is 0 Å². The zero-order valence-electron chi connectivity index (χ0n) is 13.3. The van der Waals surface area contributed by atoms with Gasteiger partial charge in [0.15, 0.2) is 11.9 Å². The lowest BCUT2D eigenvalue weighted by molar-refractivity contribution is -0.128. The topological polar surface area (TPSA) is 80.6 Å². The van der Waals surface area contributed by atoms with Crippen LogP contribution < -0.4 is 15.6 Å². The summed E-state index contributed by atoms with van der Waals surface area (Å²) in [7, 11) is 0. The van der Waals surface area contributed by atoms with Gasteiger partial charge in [-0.1, -0.05) is 40.2 Å². The highest BCUT2D eigenvalue weighted by molar-refractivity contribution is 9.10. The third-order valence-corrected chi connectivity index (χ3v) is 3.92. The molecule has 0 bridgehead atoms. The van der Waals surface area contributed by atoms with Crippen LogP contribution in [-0.4, -0.2) is 17.9 Å². The summed E-state index contributed by atoms with van der Waals surface area (Å²) in [6.45, 7) is 1.59. The number of carbonyl (C=O) groups is 2. The fraction of sp³-hybridized carbons (Fsp3) is 0.111. The molecule has 1 aromatic heterocycles. The molecule has 25 heavy (non-hydrogen) atoms. The molecule has 0 fully saturated rings. The summed E-state index contributed by atoms with van der Waals surface area (Å²) in [5, 5.41) is 0.810. The molecule has 2 amide bonds. The number of nitrogens with one attached hydrogen (secondary N) is 2. The molecule has 0 saturated heterocycles. The lowest BCUT2D eigenvalue weighted by atomic mass is 10.2. The normalized spacial score (nSPS) is 11.8. The first-order chi connectivity index (χ1) is 12.0. The fourth-order valence-electron chi connectivity index (χ4n) is 2.17. The van der Waals surface area contributed by atoms with Gasteiger partial charge in [0, 0.05) is 9.86 Å². The predicted molar refractivity (Wildman–Crippen MR) is 96.1 cm³/mol. The summed E-state index contributed by atoms with van der Waals surface area (Å²) in [6.07, 6.45) is -0.787. The maximum atomic E-state index is 12.1. The van der Waals surface area contributed by atoms with Crippen LogP contribution in [0.3, 0.4) is 0 Å². The molecular weight excluding hydrogens is 388 g/mol. The van der Waals surface area contributed by atoms with Crippen LogP contribution in [0, 0.1) is 0 Å². The van der Waals surface area contributed by atoms with Crippen LogP contribution in [0.25, 0.3) is 11.0 Å². The van der Waals surface area contributed by atoms with Gasteiger partial charge in [-0.3, -0.25) is 20.4 Å². The van der Waals surface area contributed by atoms with Gasteiger partial charge in [0.2, 0.25) is 0 Å². The Hall–Kier alpha value is -2.80. The fourth-order valence-corrected chi connectivity index (χ4v) is 2.55. The van der Waals surface area contributed by atoms with E-state index in [1.807, 2.05) is 24.3 Å². The summed E-state index contributed by atoms with van der Waals surface area (Å²) in [4.78, 5) is 24.1. The van der Waals surface area contributed by atoms with Crippen molar-refractivity contribution in [1.82, 2.24) is 10.9 Å². The first kappa shape index (κ1) is 17.0. The number of hydrogen-bond acceptors (Lipinski definition) is 4. The molecule has 3 rings (SSSR count). The van der Waals surface area contributed by atoms with Crippen molar-refractivity contribution in [2.45, 2.75) is 13.0 Å². The Morgan fingerprint density at radius 1 is 1.08 bits per heavy atom. The number of ether oxygens (including phenoxy) is 1. The summed E-state index contributed by atoms with van der Waals surface area (Å²) in [5.74, 6) is -0.369. The van der Waals surface area contributed by atoms with Crippen molar-refractivity contribution < 1.29 is 18.7 Å². The van der Waals surface area contributed by atoms with E-state index in [0.717, 1.165) is 9.86 Å². The Balaban J connectivity index is 1.56. The number of hydrazine groups is 1. The number of hydrogen-bond donors (Lipinski definition) is 2. The van der Waals surface area contributed by atoms with Crippen LogP contribution in [0.2, 0.25) is 0 Å². The molecule has 0 aliphatic carbocycles. The highest BCUT2D eigenvalue weighted by atomic mass is 79.9. The van der Waals surface area contributed by atoms with Gasteiger partial charge in [-0.15, -0.1) is 0 Å². The zero-order chi connectivity index (χ0) is 17.8. The van der Waals surface area contributed by atoms with Crippen LogP contribution in [0.5, 0.6) is 5.75 Å². The number of amides is 2. The van der Waals surface area contributed by atoms with Gasteiger partial charge in [-0.2, -0.15) is 0 Å². The quantitative estimate of drug-likeness (QED) is 0.655. The van der Waals surface area contributed by atoms with E-state index in [9.17, 15) is 9.59 Å². The minimum absolute atomic E-state index is 0.113. The smallest absolute Gasteiger partial charge is 0.305 e. The van der Waals surface area contributed by atoms with Gasteiger partial charge in [0.05, 0.1) is 0 Å². The highest BCUT2D eigenvalue weighted by Gasteiger charge is 2.17. The van der Waals surface area contributed by atoms with Gasteiger partial charge in [-0.25, -0.2) is 0 Å². The number of halogens is 1. The van der Waals surface area contributed by atoms with E-state index in [1.165, 1.54) is 0 Å². The molecule has 0 spiro atoms. The molecule has 128 valence electrons. The van der Waals surface area contributed by atoms with Gasteiger partial charge in [0.25, 0.3) is 5.91 Å². The number of rotatable bonds is 4. The second-order valence-electron chi connectivity index (χ2n) is 5.31. The molecule has 7 heteroatoms. The molecule has 6 nitrogen and oxygen atoms in total. The monoisotopic (exact) mass is 402 g/mol. The van der Waals surface area contributed by atoms with E-state index in [0.29, 0.717) is 11.3 Å². The number of furan rings is 1. The first-order valence-electron chi connectivity index (χ1n) is 7.54. The lowest BCUT2D eigenvalue weighted by Gasteiger charge is -2.15.